The third-order valence-electron chi connectivity index (χ3n) is 4.28. The molecule has 4 rings (SSSR count). The second-order valence-corrected chi connectivity index (χ2v) is 5.96. The van der Waals surface area contributed by atoms with Gasteiger partial charge in [-0.25, -0.2) is 9.59 Å². The molecule has 3 aliphatic carbocycles. The molecular weight excluding hydrogens is 284 g/mol. The van der Waals surface area contributed by atoms with E-state index in [1.165, 1.54) is 19.8 Å². The van der Waals surface area contributed by atoms with Crippen molar-refractivity contribution >= 4 is 11.9 Å². The van der Waals surface area contributed by atoms with Gasteiger partial charge in [0.1, 0.15) is 0 Å². The van der Waals surface area contributed by atoms with E-state index in [1.54, 1.807) is 0 Å². The van der Waals surface area contributed by atoms with Gasteiger partial charge in [-0.15, -0.1) is 0 Å². The first kappa shape index (κ1) is 16.6. The fourth-order valence-corrected chi connectivity index (χ4v) is 3.28. The molecule has 22 heavy (non-hydrogen) atoms. The Morgan fingerprint density at radius 3 is 2.23 bits per heavy atom. The summed E-state index contributed by atoms with van der Waals surface area (Å²) in [5, 5.41) is 16.0. The maximum absolute atomic E-state index is 9.92. The Morgan fingerprint density at radius 2 is 1.77 bits per heavy atom. The average molecular weight is 306 g/mol. The molecule has 5 nitrogen and oxygen atoms in total. The number of aliphatic hydroxyl groups excluding tert-OH is 2. The predicted molar refractivity (Wildman–Crippen MR) is 80.5 cm³/mol. The van der Waals surface area contributed by atoms with Crippen LogP contribution in [0.2, 0.25) is 0 Å². The van der Waals surface area contributed by atoms with Crippen LogP contribution in [0.1, 0.15) is 19.8 Å². The van der Waals surface area contributed by atoms with Crippen molar-refractivity contribution in [3.05, 3.63) is 36.5 Å². The van der Waals surface area contributed by atoms with Gasteiger partial charge in [-0.1, -0.05) is 24.3 Å². The molecule has 1 fully saturated rings. The largest absolute Gasteiger partial charge is 0.394 e. The first-order valence-corrected chi connectivity index (χ1v) is 7.59. The number of esters is 2. The smallest absolute Gasteiger partial charge is 0.338 e. The standard InChI is InChI=1S/C10H12.C4H2O3.C3H8O2/c1-2-9-7-4-5-8(6-7)10(9)3-1;5-3-1-2-4(6)7-3;1-3(5)2-4/h1-2,4-5,7-10H,3,6H2;1-2H;3-5H,2H2,1H3. The zero-order chi connectivity index (χ0) is 16.1. The number of ether oxygens (including phenoxy) is 1. The van der Waals surface area contributed by atoms with Crippen LogP contribution in [0.4, 0.5) is 0 Å². The molecule has 0 aromatic carbocycles. The average Bonchev–Trinajstić information content (AvgIpc) is 3.21. The van der Waals surface area contributed by atoms with Gasteiger partial charge in [0.2, 0.25) is 0 Å². The van der Waals surface area contributed by atoms with Crippen molar-refractivity contribution in [1.29, 1.82) is 0 Å². The second-order valence-electron chi connectivity index (χ2n) is 5.96. The van der Waals surface area contributed by atoms with E-state index in [-0.39, 0.29) is 6.61 Å². The number of carbonyl (C=O) groups excluding carboxylic acids is 2. The van der Waals surface area contributed by atoms with E-state index in [0.29, 0.717) is 0 Å². The highest BCUT2D eigenvalue weighted by molar-refractivity contribution is 6.04. The lowest BCUT2D eigenvalue weighted by Gasteiger charge is -2.18. The summed E-state index contributed by atoms with van der Waals surface area (Å²) in [6, 6.07) is 0. The summed E-state index contributed by atoms with van der Waals surface area (Å²) in [4.78, 5) is 19.8. The van der Waals surface area contributed by atoms with E-state index >= 15 is 0 Å². The lowest BCUT2D eigenvalue weighted by atomic mass is 9.86. The summed E-state index contributed by atoms with van der Waals surface area (Å²) >= 11 is 0. The summed E-state index contributed by atoms with van der Waals surface area (Å²) < 4.78 is 3.97. The van der Waals surface area contributed by atoms with E-state index < -0.39 is 18.0 Å². The highest BCUT2D eigenvalue weighted by Gasteiger charge is 2.44. The number of carbonyl (C=O) groups is 2. The van der Waals surface area contributed by atoms with Gasteiger partial charge in [0.25, 0.3) is 0 Å². The number of hydrogen-bond donors (Lipinski definition) is 2. The van der Waals surface area contributed by atoms with Gasteiger partial charge < -0.3 is 14.9 Å². The number of cyclic esters (lactones) is 2. The lowest BCUT2D eigenvalue weighted by Crippen LogP contribution is -2.12. The molecule has 0 aromatic heterocycles. The van der Waals surface area contributed by atoms with Crippen molar-refractivity contribution in [3.8, 4) is 0 Å². The van der Waals surface area contributed by atoms with E-state index in [0.717, 1.165) is 35.8 Å². The fraction of sp³-hybridized carbons (Fsp3) is 0.529. The highest BCUT2D eigenvalue weighted by atomic mass is 16.6. The molecule has 0 spiro atoms. The Bertz CT molecular complexity index is 487. The fourth-order valence-electron chi connectivity index (χ4n) is 3.28. The van der Waals surface area contributed by atoms with Gasteiger partial charge in [0, 0.05) is 12.2 Å². The molecule has 4 aliphatic rings. The summed E-state index contributed by atoms with van der Waals surface area (Å²) in [6.45, 7) is 1.39. The Kier molecular flexibility index (Phi) is 5.69. The SMILES string of the molecule is C1=CC2C3C=CC(C3)C2C1.CC(O)CO.O=C1C=CC(=O)O1. The van der Waals surface area contributed by atoms with Crippen LogP contribution in [0.5, 0.6) is 0 Å². The van der Waals surface area contributed by atoms with E-state index in [2.05, 4.69) is 29.0 Å². The molecule has 2 N–H and O–H groups in total. The topological polar surface area (TPSA) is 83.8 Å². The van der Waals surface area contributed by atoms with Crippen molar-refractivity contribution in [2.24, 2.45) is 23.7 Å². The Hall–Kier alpha value is -1.72. The van der Waals surface area contributed by atoms with Crippen LogP contribution in [-0.2, 0) is 14.3 Å². The minimum Gasteiger partial charge on any atom is -0.394 e. The van der Waals surface area contributed by atoms with Crippen LogP contribution in [0.15, 0.2) is 36.5 Å². The molecule has 0 aromatic rings. The number of hydrogen-bond acceptors (Lipinski definition) is 5. The van der Waals surface area contributed by atoms with Gasteiger partial charge in [0.05, 0.1) is 12.7 Å². The third-order valence-corrected chi connectivity index (χ3v) is 4.28. The molecule has 5 heteroatoms. The maximum Gasteiger partial charge on any atom is 0.338 e. The number of aliphatic hydroxyl groups is 2. The van der Waals surface area contributed by atoms with Gasteiger partial charge in [0.15, 0.2) is 0 Å². The zero-order valence-electron chi connectivity index (χ0n) is 12.6. The van der Waals surface area contributed by atoms with Gasteiger partial charge in [-0.2, -0.15) is 0 Å². The molecule has 1 heterocycles. The maximum atomic E-state index is 9.92. The highest BCUT2D eigenvalue weighted by Crippen LogP contribution is 2.52. The Balaban J connectivity index is 0.000000130. The number of rotatable bonds is 1. The Labute approximate surface area is 130 Å². The summed E-state index contributed by atoms with van der Waals surface area (Å²) in [5.41, 5.74) is 0. The molecule has 1 aliphatic heterocycles. The monoisotopic (exact) mass is 306 g/mol. The molecule has 0 amide bonds. The summed E-state index contributed by atoms with van der Waals surface area (Å²) in [5.74, 6) is 2.67. The van der Waals surface area contributed by atoms with E-state index in [4.69, 9.17) is 10.2 Å². The van der Waals surface area contributed by atoms with Crippen LogP contribution in [0.3, 0.4) is 0 Å². The van der Waals surface area contributed by atoms with Crippen molar-refractivity contribution in [2.75, 3.05) is 6.61 Å². The molecular formula is C17H22O5. The van der Waals surface area contributed by atoms with Crippen LogP contribution < -0.4 is 0 Å². The molecule has 120 valence electrons. The summed E-state index contributed by atoms with van der Waals surface area (Å²) in [7, 11) is 0. The van der Waals surface area contributed by atoms with Crippen LogP contribution in [0, 0.1) is 23.7 Å². The quantitative estimate of drug-likeness (QED) is 0.434. The number of fused-ring (bicyclic) bond motifs is 5. The Morgan fingerprint density at radius 1 is 1.18 bits per heavy atom. The van der Waals surface area contributed by atoms with Crippen molar-refractivity contribution < 1.29 is 24.5 Å². The van der Waals surface area contributed by atoms with Crippen LogP contribution in [0.25, 0.3) is 0 Å². The molecule has 1 saturated carbocycles. The molecule has 5 atom stereocenters. The number of allylic oxidation sites excluding steroid dienone is 4. The van der Waals surface area contributed by atoms with Crippen LogP contribution in [-0.4, -0.2) is 34.9 Å². The normalized spacial score (nSPS) is 33.8. The first-order chi connectivity index (χ1) is 10.5. The van der Waals surface area contributed by atoms with Crippen LogP contribution >= 0.6 is 0 Å². The van der Waals surface area contributed by atoms with Gasteiger partial charge in [-0.3, -0.25) is 0 Å². The molecule has 5 unspecified atom stereocenters. The predicted octanol–water partition coefficient (Wildman–Crippen LogP) is 1.37. The van der Waals surface area contributed by atoms with Crippen molar-refractivity contribution in [1.82, 2.24) is 0 Å². The molecule has 0 radical (unpaired) electrons. The third kappa shape index (κ3) is 4.15. The zero-order valence-corrected chi connectivity index (χ0v) is 12.6. The van der Waals surface area contributed by atoms with E-state index in [1.807, 2.05) is 0 Å². The lowest BCUT2D eigenvalue weighted by molar-refractivity contribution is -0.150. The van der Waals surface area contributed by atoms with Crippen molar-refractivity contribution in [3.63, 3.8) is 0 Å². The van der Waals surface area contributed by atoms with Gasteiger partial charge >= 0.3 is 11.9 Å². The molecule has 0 saturated heterocycles. The van der Waals surface area contributed by atoms with Gasteiger partial charge in [-0.05, 0) is 43.4 Å². The molecule has 2 bridgehead atoms. The summed E-state index contributed by atoms with van der Waals surface area (Å²) in [6.07, 6.45) is 14.1. The minimum absolute atomic E-state index is 0.139. The van der Waals surface area contributed by atoms with E-state index in [9.17, 15) is 9.59 Å². The second kappa shape index (κ2) is 7.51. The first-order valence-electron chi connectivity index (χ1n) is 7.59. The van der Waals surface area contributed by atoms with Crippen molar-refractivity contribution in [2.45, 2.75) is 25.9 Å². The minimum atomic E-state index is -0.579.